The first-order chi connectivity index (χ1) is 14.1. The summed E-state index contributed by atoms with van der Waals surface area (Å²) in [6, 6.07) is 0. The molecule has 0 aliphatic heterocycles. The molecule has 30 heavy (non-hydrogen) atoms. The van der Waals surface area contributed by atoms with Crippen molar-refractivity contribution < 1.29 is 9.59 Å². The minimum Gasteiger partial charge on any atom is -0.351 e. The number of carbonyl (C=O) groups excluding carboxylic acids is 2. The summed E-state index contributed by atoms with van der Waals surface area (Å²) < 4.78 is 0. The zero-order valence-electron chi connectivity index (χ0n) is 20.2. The zero-order chi connectivity index (χ0) is 22.6. The maximum atomic E-state index is 11.6. The van der Waals surface area contributed by atoms with Crippen LogP contribution in [0.4, 0.5) is 0 Å². The van der Waals surface area contributed by atoms with Crippen LogP contribution in [0.2, 0.25) is 0 Å². The number of hydrogen-bond donors (Lipinski definition) is 3. The molecule has 2 fully saturated rings. The Labute approximate surface area is 185 Å². The lowest BCUT2D eigenvalue weighted by Crippen LogP contribution is -2.45. The highest BCUT2D eigenvalue weighted by molar-refractivity contribution is 5.87. The molecular weight excluding hydrogens is 374 g/mol. The third-order valence-corrected chi connectivity index (χ3v) is 6.27. The molecule has 0 unspecified atom stereocenters. The molecule has 5 heteroatoms. The van der Waals surface area contributed by atoms with Gasteiger partial charge >= 0.3 is 0 Å². The summed E-state index contributed by atoms with van der Waals surface area (Å²) in [4.78, 5) is 22.8. The SMILES string of the molecule is C=CC(=O)NC(C)(C)CC1CCCC1.CNCCC(=O)NC(C)(C)CC1CCCC1. The maximum absolute atomic E-state index is 11.6. The molecule has 5 nitrogen and oxygen atoms in total. The Balaban J connectivity index is 0.000000303. The summed E-state index contributed by atoms with van der Waals surface area (Å²) in [6.45, 7) is 12.7. The normalized spacial score (nSPS) is 17.9. The molecule has 0 radical (unpaired) electrons. The van der Waals surface area contributed by atoms with E-state index in [1.54, 1.807) is 0 Å². The van der Waals surface area contributed by atoms with Gasteiger partial charge in [-0.25, -0.2) is 0 Å². The second kappa shape index (κ2) is 13.1. The van der Waals surface area contributed by atoms with Gasteiger partial charge in [0.2, 0.25) is 11.8 Å². The van der Waals surface area contributed by atoms with E-state index >= 15 is 0 Å². The Morgan fingerprint density at radius 3 is 1.70 bits per heavy atom. The molecule has 174 valence electrons. The van der Waals surface area contributed by atoms with Gasteiger partial charge in [-0.15, -0.1) is 0 Å². The van der Waals surface area contributed by atoms with Crippen LogP contribution in [0.25, 0.3) is 0 Å². The number of hydrogen-bond acceptors (Lipinski definition) is 3. The van der Waals surface area contributed by atoms with E-state index in [0.717, 1.165) is 31.2 Å². The minimum absolute atomic E-state index is 0.0418. The summed E-state index contributed by atoms with van der Waals surface area (Å²) in [7, 11) is 1.87. The topological polar surface area (TPSA) is 70.2 Å². The van der Waals surface area contributed by atoms with Crippen molar-refractivity contribution in [1.29, 1.82) is 0 Å². The molecule has 0 bridgehead atoms. The van der Waals surface area contributed by atoms with Gasteiger partial charge in [-0.2, -0.15) is 0 Å². The Morgan fingerprint density at radius 1 is 0.867 bits per heavy atom. The van der Waals surface area contributed by atoms with Crippen LogP contribution in [0.15, 0.2) is 12.7 Å². The Morgan fingerprint density at radius 2 is 1.30 bits per heavy atom. The van der Waals surface area contributed by atoms with Crippen LogP contribution in [0.1, 0.15) is 98.3 Å². The lowest BCUT2D eigenvalue weighted by atomic mass is 9.89. The molecule has 3 N–H and O–H groups in total. The third kappa shape index (κ3) is 11.7. The predicted octanol–water partition coefficient (Wildman–Crippen LogP) is 4.72. The van der Waals surface area contributed by atoms with E-state index in [2.05, 4.69) is 50.2 Å². The van der Waals surface area contributed by atoms with E-state index < -0.39 is 0 Å². The Hall–Kier alpha value is -1.36. The van der Waals surface area contributed by atoms with Gasteiger partial charge in [0.1, 0.15) is 0 Å². The molecule has 0 aromatic heterocycles. The van der Waals surface area contributed by atoms with E-state index in [9.17, 15) is 9.59 Å². The van der Waals surface area contributed by atoms with Crippen LogP contribution < -0.4 is 16.0 Å². The molecule has 2 amide bonds. The molecule has 0 aromatic carbocycles. The molecule has 2 rings (SSSR count). The lowest BCUT2D eigenvalue weighted by molar-refractivity contribution is -0.122. The molecule has 0 spiro atoms. The van der Waals surface area contributed by atoms with Crippen molar-refractivity contribution in [2.75, 3.05) is 13.6 Å². The van der Waals surface area contributed by atoms with Crippen LogP contribution in [0.5, 0.6) is 0 Å². The van der Waals surface area contributed by atoms with Gasteiger partial charge < -0.3 is 16.0 Å². The van der Waals surface area contributed by atoms with Crippen LogP contribution in [-0.4, -0.2) is 36.5 Å². The molecule has 0 saturated heterocycles. The second-order valence-electron chi connectivity index (χ2n) is 10.6. The molecular formula is C25H47N3O2. The number of amides is 2. The van der Waals surface area contributed by atoms with Crippen LogP contribution in [-0.2, 0) is 9.59 Å². The fraction of sp³-hybridized carbons (Fsp3) is 0.840. The smallest absolute Gasteiger partial charge is 0.243 e. The van der Waals surface area contributed by atoms with Gasteiger partial charge in [-0.3, -0.25) is 9.59 Å². The summed E-state index contributed by atoms with van der Waals surface area (Å²) in [5, 5.41) is 9.11. The van der Waals surface area contributed by atoms with Gasteiger partial charge in [0.25, 0.3) is 0 Å². The summed E-state index contributed by atoms with van der Waals surface area (Å²) in [5.41, 5.74) is -0.125. The third-order valence-electron chi connectivity index (χ3n) is 6.27. The molecule has 2 aliphatic carbocycles. The highest BCUT2D eigenvalue weighted by Gasteiger charge is 2.27. The summed E-state index contributed by atoms with van der Waals surface area (Å²) in [6.07, 6.45) is 14.9. The van der Waals surface area contributed by atoms with Gasteiger partial charge in [-0.05, 0) is 65.5 Å². The molecule has 0 atom stereocenters. The van der Waals surface area contributed by atoms with Crippen LogP contribution in [0, 0.1) is 11.8 Å². The van der Waals surface area contributed by atoms with E-state index in [1.165, 1.54) is 57.4 Å². The van der Waals surface area contributed by atoms with E-state index in [1.807, 2.05) is 7.05 Å². The first kappa shape index (κ1) is 26.7. The van der Waals surface area contributed by atoms with Crippen molar-refractivity contribution in [3.05, 3.63) is 12.7 Å². The van der Waals surface area contributed by atoms with Crippen molar-refractivity contribution >= 4 is 11.8 Å². The Kier molecular flexibility index (Phi) is 11.7. The largest absolute Gasteiger partial charge is 0.351 e. The van der Waals surface area contributed by atoms with Crippen molar-refractivity contribution in [3.8, 4) is 0 Å². The predicted molar refractivity (Wildman–Crippen MR) is 126 cm³/mol. The highest BCUT2D eigenvalue weighted by atomic mass is 16.2. The fourth-order valence-electron chi connectivity index (χ4n) is 5.04. The van der Waals surface area contributed by atoms with Crippen molar-refractivity contribution in [2.45, 2.75) is 109 Å². The van der Waals surface area contributed by atoms with Crippen molar-refractivity contribution in [2.24, 2.45) is 11.8 Å². The van der Waals surface area contributed by atoms with E-state index in [4.69, 9.17) is 0 Å². The quantitative estimate of drug-likeness (QED) is 0.447. The molecule has 2 aliphatic rings. The standard InChI is InChI=1S/C13H26N2O.C12H21NO/c1-13(2,10-11-6-4-5-7-11)15-12(16)8-9-14-3;1-4-11(14)13-12(2,3)9-10-7-5-6-8-10/h11,14H,4-10H2,1-3H3,(H,15,16);4,10H,1,5-9H2,2-3H3,(H,13,14). The molecule has 0 aromatic rings. The van der Waals surface area contributed by atoms with Gasteiger partial charge in [0.15, 0.2) is 0 Å². The van der Waals surface area contributed by atoms with Gasteiger partial charge in [-0.1, -0.05) is 57.9 Å². The monoisotopic (exact) mass is 421 g/mol. The summed E-state index contributed by atoms with van der Waals surface area (Å²) in [5.74, 6) is 1.72. The maximum Gasteiger partial charge on any atom is 0.243 e. The average Bonchev–Trinajstić information content (AvgIpc) is 3.33. The van der Waals surface area contributed by atoms with E-state index in [-0.39, 0.29) is 22.9 Å². The fourth-order valence-corrected chi connectivity index (χ4v) is 5.04. The average molecular weight is 422 g/mol. The van der Waals surface area contributed by atoms with Gasteiger partial charge in [0.05, 0.1) is 0 Å². The lowest BCUT2D eigenvalue weighted by Gasteiger charge is -2.29. The highest BCUT2D eigenvalue weighted by Crippen LogP contribution is 2.32. The van der Waals surface area contributed by atoms with E-state index in [0.29, 0.717) is 6.42 Å². The van der Waals surface area contributed by atoms with Crippen molar-refractivity contribution in [3.63, 3.8) is 0 Å². The molecule has 0 heterocycles. The van der Waals surface area contributed by atoms with Crippen molar-refractivity contribution in [1.82, 2.24) is 16.0 Å². The van der Waals surface area contributed by atoms with Crippen LogP contribution >= 0.6 is 0 Å². The summed E-state index contributed by atoms with van der Waals surface area (Å²) >= 11 is 0. The minimum atomic E-state index is -0.0831. The zero-order valence-corrected chi connectivity index (χ0v) is 20.2. The Bertz CT molecular complexity index is 531. The molecule has 2 saturated carbocycles. The number of nitrogens with one attached hydrogen (secondary N) is 3. The van der Waals surface area contributed by atoms with Gasteiger partial charge in [0, 0.05) is 24.0 Å². The number of carbonyl (C=O) groups is 2. The van der Waals surface area contributed by atoms with Crippen LogP contribution in [0.3, 0.4) is 0 Å². The second-order valence-corrected chi connectivity index (χ2v) is 10.6. The first-order valence-electron chi connectivity index (χ1n) is 12.0. The number of rotatable bonds is 10. The first-order valence-corrected chi connectivity index (χ1v) is 12.0.